The third-order valence-corrected chi connectivity index (χ3v) is 9.78. The van der Waals surface area contributed by atoms with Crippen LogP contribution in [0.5, 0.6) is 11.5 Å². The van der Waals surface area contributed by atoms with Crippen LogP contribution in [0.3, 0.4) is 0 Å². The topological polar surface area (TPSA) is 196 Å². The Labute approximate surface area is 324 Å². The molecule has 1 aliphatic rings. The highest BCUT2D eigenvalue weighted by Gasteiger charge is 2.33. The van der Waals surface area contributed by atoms with Gasteiger partial charge >= 0.3 is 12.1 Å². The summed E-state index contributed by atoms with van der Waals surface area (Å²) in [5.74, 6) is -3.04. The first-order valence-electron chi connectivity index (χ1n) is 17.4. The lowest BCUT2D eigenvalue weighted by Crippen LogP contribution is -2.39. The first-order chi connectivity index (χ1) is 26.2. The van der Waals surface area contributed by atoms with Crippen LogP contribution in [-0.2, 0) is 35.0 Å². The van der Waals surface area contributed by atoms with E-state index < -0.39 is 65.7 Å². The van der Waals surface area contributed by atoms with Gasteiger partial charge in [-0.05, 0) is 62.4 Å². The van der Waals surface area contributed by atoms with Crippen molar-refractivity contribution in [2.24, 2.45) is 11.7 Å². The van der Waals surface area contributed by atoms with Gasteiger partial charge in [0.2, 0.25) is 0 Å². The fourth-order valence-corrected chi connectivity index (χ4v) is 6.80. The highest BCUT2D eigenvalue weighted by Crippen LogP contribution is 2.43. The van der Waals surface area contributed by atoms with Gasteiger partial charge in [-0.2, -0.15) is 0 Å². The Kier molecular flexibility index (Phi) is 15.0. The van der Waals surface area contributed by atoms with E-state index in [1.807, 2.05) is 24.4 Å². The molecule has 0 saturated heterocycles. The van der Waals surface area contributed by atoms with Crippen molar-refractivity contribution >= 4 is 52.7 Å². The second kappa shape index (κ2) is 19.6. The quantitative estimate of drug-likeness (QED) is 0.0696. The normalized spacial score (nSPS) is 21.0. The van der Waals surface area contributed by atoms with Gasteiger partial charge in [0.1, 0.15) is 23.7 Å². The van der Waals surface area contributed by atoms with Gasteiger partial charge in [-0.3, -0.25) is 14.4 Å². The number of anilines is 2. The molecule has 13 nitrogen and oxygen atoms in total. The number of hydrogen-bond acceptors (Lipinski definition) is 11. The molecule has 6 N–H and O–H groups in total. The van der Waals surface area contributed by atoms with Crippen LogP contribution in [0.2, 0.25) is 0 Å². The van der Waals surface area contributed by atoms with Gasteiger partial charge in [-0.1, -0.05) is 61.1 Å². The average molecular weight is 774 g/mol. The monoisotopic (exact) mass is 773 g/mol. The molecule has 5 atom stereocenters. The lowest BCUT2D eigenvalue weighted by molar-refractivity contribution is -0.158. The van der Waals surface area contributed by atoms with Crippen LogP contribution in [0.1, 0.15) is 54.9 Å². The van der Waals surface area contributed by atoms with E-state index in [0.29, 0.717) is 16.7 Å². The van der Waals surface area contributed by atoms with Crippen molar-refractivity contribution in [3.63, 3.8) is 0 Å². The van der Waals surface area contributed by atoms with Crippen LogP contribution in [-0.4, -0.2) is 72.7 Å². The number of allylic oxidation sites excluding steroid dienone is 2. The van der Waals surface area contributed by atoms with E-state index >= 15 is 0 Å². The predicted molar refractivity (Wildman–Crippen MR) is 211 cm³/mol. The van der Waals surface area contributed by atoms with Crippen molar-refractivity contribution in [2.45, 2.75) is 65.0 Å². The minimum Gasteiger partial charge on any atom is -0.506 e. The van der Waals surface area contributed by atoms with Crippen molar-refractivity contribution in [3.8, 4) is 11.5 Å². The van der Waals surface area contributed by atoms with E-state index in [4.69, 9.17) is 24.7 Å². The van der Waals surface area contributed by atoms with Gasteiger partial charge in [0.25, 0.3) is 11.8 Å². The summed E-state index contributed by atoms with van der Waals surface area (Å²) in [5.41, 5.74) is 6.88. The zero-order valence-electron chi connectivity index (χ0n) is 31.5. The highest BCUT2D eigenvalue weighted by atomic mass is 32.1. The van der Waals surface area contributed by atoms with Crippen LogP contribution in [0.4, 0.5) is 16.2 Å². The molecule has 0 spiro atoms. The van der Waals surface area contributed by atoms with Gasteiger partial charge < -0.3 is 45.5 Å². The van der Waals surface area contributed by atoms with E-state index in [0.717, 1.165) is 10.9 Å². The fraction of sp³-hybridized carbons (Fsp3) is 0.317. The summed E-state index contributed by atoms with van der Waals surface area (Å²) in [7, 11) is 2.90. The van der Waals surface area contributed by atoms with Crippen molar-refractivity contribution < 1.29 is 48.3 Å². The molecule has 0 fully saturated rings. The summed E-state index contributed by atoms with van der Waals surface area (Å²) in [5, 5.41) is 30.0. The molecule has 2 bridgehead atoms. The number of ether oxygens (including phenoxy) is 4. The lowest BCUT2D eigenvalue weighted by atomic mass is 9.91. The number of nitrogens with one attached hydrogen (secondary N) is 2. The Morgan fingerprint density at radius 3 is 2.38 bits per heavy atom. The van der Waals surface area contributed by atoms with Gasteiger partial charge in [-0.25, -0.2) is 4.79 Å². The number of esters is 1. The molecule has 2 heterocycles. The Morgan fingerprint density at radius 1 is 1.02 bits per heavy atom. The number of carbonyl (C=O) groups is 4. The van der Waals surface area contributed by atoms with Crippen LogP contribution >= 0.6 is 11.3 Å². The first-order valence-corrected chi connectivity index (χ1v) is 18.3. The smallest absolute Gasteiger partial charge is 0.405 e. The van der Waals surface area contributed by atoms with Crippen LogP contribution in [0, 0.1) is 5.92 Å². The molecule has 3 aromatic rings. The Balaban J connectivity index is 1.88. The molecule has 0 aliphatic carbocycles. The molecule has 3 amide bonds. The molecule has 14 heteroatoms. The number of nitrogens with two attached hydrogens (primary N) is 1. The molecule has 55 heavy (non-hydrogen) atoms. The molecule has 0 radical (unpaired) electrons. The number of fused-ring (bicyclic) bond motifs is 2. The first kappa shape index (κ1) is 42.0. The standard InChI is InChI=1S/C41H47N3O10S/c1-23-18-29-35(44-40(49)27-13-8-7-9-14-27)31(45)22-30(36(29)47)43-39(48)24(2)12-10-16-32(51-5)37(54-41(42)50)25(3)20-26(4)38(33(19-23)52-6)53-34(46)21-28-15-11-17-55-28/h7-18,20,22,26,32-33,37-38,45,47H,19,21H2,1-6H3,(H2,42,50)(H,43,48)(H,44,49)/t26-,32-,33-,37-,38-/m0/s1. The average Bonchev–Trinajstić information content (AvgIpc) is 3.66. The van der Waals surface area contributed by atoms with Gasteiger partial charge in [0, 0.05) is 47.8 Å². The second-order valence-electron chi connectivity index (χ2n) is 13.1. The number of phenolic OH excluding ortho intramolecular Hbond substituents is 2. The Hall–Kier alpha value is -5.70. The van der Waals surface area contributed by atoms with Crippen molar-refractivity contribution in [3.05, 3.63) is 111 Å². The van der Waals surface area contributed by atoms with E-state index in [1.165, 1.54) is 38.6 Å². The number of benzene rings is 2. The third-order valence-electron chi connectivity index (χ3n) is 8.90. The minimum absolute atomic E-state index is 0.00999. The lowest BCUT2D eigenvalue weighted by Gasteiger charge is -2.31. The van der Waals surface area contributed by atoms with Crippen LogP contribution < -0.4 is 16.4 Å². The maximum atomic E-state index is 13.4. The van der Waals surface area contributed by atoms with Crippen LogP contribution in [0.15, 0.2) is 94.9 Å². The van der Waals surface area contributed by atoms with Gasteiger partial charge in [0.15, 0.2) is 6.10 Å². The fourth-order valence-electron chi connectivity index (χ4n) is 6.11. The second-order valence-corrected chi connectivity index (χ2v) is 14.1. The molecule has 4 rings (SSSR count). The Bertz CT molecular complexity index is 1970. The van der Waals surface area contributed by atoms with E-state index in [-0.39, 0.29) is 35.4 Å². The summed E-state index contributed by atoms with van der Waals surface area (Å²) >= 11 is 1.42. The molecule has 0 unspecified atom stereocenters. The van der Waals surface area contributed by atoms with Gasteiger partial charge in [-0.15, -0.1) is 11.3 Å². The number of methoxy groups -OCH3 is 2. The number of rotatable bonds is 8. The highest BCUT2D eigenvalue weighted by molar-refractivity contribution is 7.10. The van der Waals surface area contributed by atoms with Crippen molar-refractivity contribution in [1.29, 1.82) is 0 Å². The zero-order chi connectivity index (χ0) is 40.2. The minimum atomic E-state index is -1.04. The summed E-state index contributed by atoms with van der Waals surface area (Å²) < 4.78 is 23.3. The summed E-state index contributed by atoms with van der Waals surface area (Å²) in [4.78, 5) is 52.8. The van der Waals surface area contributed by atoms with E-state index in [1.54, 1.807) is 68.5 Å². The number of hydrogen-bond donors (Lipinski definition) is 5. The van der Waals surface area contributed by atoms with E-state index in [9.17, 15) is 29.4 Å². The number of thiophene rings is 1. The molecule has 0 saturated carbocycles. The molecule has 292 valence electrons. The summed E-state index contributed by atoms with van der Waals surface area (Å²) in [6.45, 7) is 6.84. The van der Waals surface area contributed by atoms with E-state index in [2.05, 4.69) is 10.6 Å². The molecular weight excluding hydrogens is 727 g/mol. The summed E-state index contributed by atoms with van der Waals surface area (Å²) in [6.07, 6.45) is 3.56. The van der Waals surface area contributed by atoms with Crippen molar-refractivity contribution in [2.75, 3.05) is 24.9 Å². The number of phenols is 2. The SMILES string of the molecule is CO[C@H]1C=CC=C(C)C(=O)Nc2cc(O)c(NC(=O)c3ccccc3)c(c2O)C=C(C)C[C@H](OC)[C@@H](OC(=O)Cc2cccs2)[C@@H](C)C=C(C)[C@@H]1OC(N)=O. The molecular formula is C41H47N3O10S. The molecule has 1 aromatic heterocycles. The largest absolute Gasteiger partial charge is 0.506 e. The van der Waals surface area contributed by atoms with Crippen LogP contribution in [0.25, 0.3) is 6.08 Å². The number of primary amides is 1. The maximum absolute atomic E-state index is 13.4. The summed E-state index contributed by atoms with van der Waals surface area (Å²) in [6, 6.07) is 13.1. The number of carbonyl (C=O) groups excluding carboxylic acids is 4. The zero-order valence-corrected chi connectivity index (χ0v) is 32.3. The predicted octanol–water partition coefficient (Wildman–Crippen LogP) is 6.89. The van der Waals surface area contributed by atoms with Crippen molar-refractivity contribution in [1.82, 2.24) is 0 Å². The Morgan fingerprint density at radius 2 is 1.75 bits per heavy atom. The maximum Gasteiger partial charge on any atom is 0.405 e. The molecule has 1 aliphatic heterocycles. The molecule has 2 aromatic carbocycles. The number of amides is 3. The third kappa shape index (κ3) is 11.4. The number of aromatic hydroxyl groups is 2. The van der Waals surface area contributed by atoms with Gasteiger partial charge in [0.05, 0.1) is 23.9 Å².